The number of carbonyl (C=O) groups is 1. The minimum Gasteiger partial charge on any atom is -0.458 e. The van der Waals surface area contributed by atoms with Crippen molar-refractivity contribution >= 4 is 17.1 Å². The monoisotopic (exact) mass is 436 g/mol. The molecule has 0 aromatic heterocycles. The van der Waals surface area contributed by atoms with E-state index < -0.39 is 18.2 Å². The van der Waals surface area contributed by atoms with Crippen molar-refractivity contribution in [3.05, 3.63) is 95.1 Å². The average molecular weight is 436 g/mol. The van der Waals surface area contributed by atoms with E-state index in [9.17, 15) is 18.7 Å². The van der Waals surface area contributed by atoms with Crippen molar-refractivity contribution in [2.24, 2.45) is 5.41 Å². The van der Waals surface area contributed by atoms with Crippen molar-refractivity contribution in [2.45, 2.75) is 45.3 Å². The smallest absolute Gasteiger partial charge is 0.309 e. The molecule has 0 radical (unpaired) electrons. The van der Waals surface area contributed by atoms with Crippen LogP contribution in [-0.4, -0.2) is 23.3 Å². The van der Waals surface area contributed by atoms with Gasteiger partial charge in [0.15, 0.2) is 0 Å². The maximum absolute atomic E-state index is 13.6. The van der Waals surface area contributed by atoms with Gasteiger partial charge in [0.25, 0.3) is 0 Å². The van der Waals surface area contributed by atoms with Crippen LogP contribution in [0.5, 0.6) is 0 Å². The number of esters is 1. The minimum atomic E-state index is -0.708. The number of carbonyl (C=O) groups excluding carboxylic acids is 1. The third kappa shape index (κ3) is 4.89. The Bertz CT molecular complexity index is 1090. The molecule has 5 heteroatoms. The van der Waals surface area contributed by atoms with Crippen LogP contribution in [0.4, 0.5) is 8.78 Å². The Labute approximate surface area is 186 Å². The van der Waals surface area contributed by atoms with E-state index in [1.807, 2.05) is 12.2 Å². The number of hydrogen-bond donors (Lipinski definition) is 1. The molecule has 0 amide bonds. The molecule has 166 valence electrons. The molecule has 1 aliphatic heterocycles. The van der Waals surface area contributed by atoms with E-state index in [1.54, 1.807) is 24.3 Å². The van der Waals surface area contributed by atoms with Crippen molar-refractivity contribution in [1.82, 2.24) is 0 Å². The number of benzene rings is 2. The molecule has 2 aromatic carbocycles. The molecule has 4 rings (SSSR count). The van der Waals surface area contributed by atoms with E-state index >= 15 is 0 Å². The number of allylic oxidation sites excluding steroid dienone is 5. The Balaban J connectivity index is 1.79. The topological polar surface area (TPSA) is 46.5 Å². The van der Waals surface area contributed by atoms with Gasteiger partial charge in [0.2, 0.25) is 0 Å². The number of cyclic esters (lactones) is 1. The predicted octanol–water partition coefficient (Wildman–Crippen LogP) is 5.85. The molecule has 32 heavy (non-hydrogen) atoms. The van der Waals surface area contributed by atoms with Gasteiger partial charge in [0.1, 0.15) is 17.7 Å². The second-order valence-electron chi connectivity index (χ2n) is 9.05. The number of halogens is 2. The molecular formula is C27H26F2O3. The maximum Gasteiger partial charge on any atom is 0.309 e. The summed E-state index contributed by atoms with van der Waals surface area (Å²) in [7, 11) is 0. The summed E-state index contributed by atoms with van der Waals surface area (Å²) in [5.74, 6) is -1.01. The third-order valence-corrected chi connectivity index (χ3v) is 6.01. The summed E-state index contributed by atoms with van der Waals surface area (Å²) in [5, 5.41) is 9.91. The van der Waals surface area contributed by atoms with Gasteiger partial charge in [0.05, 0.1) is 12.5 Å². The fourth-order valence-electron chi connectivity index (χ4n) is 4.40. The first-order chi connectivity index (χ1) is 15.2. The first kappa shape index (κ1) is 22.2. The summed E-state index contributed by atoms with van der Waals surface area (Å²) >= 11 is 0. The fourth-order valence-corrected chi connectivity index (χ4v) is 4.40. The molecule has 0 spiro atoms. The van der Waals surface area contributed by atoms with Crippen molar-refractivity contribution in [1.29, 1.82) is 0 Å². The van der Waals surface area contributed by atoms with Gasteiger partial charge >= 0.3 is 5.97 Å². The normalized spacial score (nSPS) is 23.3. The lowest BCUT2D eigenvalue weighted by atomic mass is 9.70. The van der Waals surface area contributed by atoms with Crippen molar-refractivity contribution < 1.29 is 23.4 Å². The van der Waals surface area contributed by atoms with Gasteiger partial charge in [-0.2, -0.15) is 0 Å². The molecule has 1 aliphatic carbocycles. The lowest BCUT2D eigenvalue weighted by Gasteiger charge is -2.34. The molecule has 2 atom stereocenters. The van der Waals surface area contributed by atoms with Crippen LogP contribution in [0.2, 0.25) is 0 Å². The summed E-state index contributed by atoms with van der Waals surface area (Å²) in [5.41, 5.74) is 4.51. The van der Waals surface area contributed by atoms with Crippen molar-refractivity contribution in [2.75, 3.05) is 0 Å². The van der Waals surface area contributed by atoms with Crippen LogP contribution in [0, 0.1) is 17.0 Å². The van der Waals surface area contributed by atoms with Crippen LogP contribution in [-0.2, 0) is 9.53 Å². The molecule has 1 N–H and O–H groups in total. The van der Waals surface area contributed by atoms with Gasteiger partial charge in [-0.3, -0.25) is 4.79 Å². The molecule has 0 bridgehead atoms. The highest BCUT2D eigenvalue weighted by molar-refractivity contribution is 5.90. The van der Waals surface area contributed by atoms with Crippen LogP contribution >= 0.6 is 0 Å². The second-order valence-corrected chi connectivity index (χ2v) is 9.05. The Kier molecular flexibility index (Phi) is 6.11. The molecule has 0 saturated carbocycles. The van der Waals surface area contributed by atoms with Crippen LogP contribution in [0.3, 0.4) is 0 Å². The SMILES string of the molecule is CC1(C)CC(c2ccc(F)cc2)=CC(c2ccc(F)cc2)=C1C=CC1CC(O)CC(=O)O1. The predicted molar refractivity (Wildman–Crippen MR) is 120 cm³/mol. The van der Waals surface area contributed by atoms with Crippen LogP contribution in [0.15, 0.2) is 72.3 Å². The van der Waals surface area contributed by atoms with Crippen LogP contribution in [0.1, 0.15) is 44.2 Å². The van der Waals surface area contributed by atoms with Gasteiger partial charge in [0, 0.05) is 6.42 Å². The number of aliphatic hydroxyl groups is 1. The van der Waals surface area contributed by atoms with Gasteiger partial charge in [-0.1, -0.05) is 50.3 Å². The van der Waals surface area contributed by atoms with E-state index in [1.165, 1.54) is 24.3 Å². The summed E-state index contributed by atoms with van der Waals surface area (Å²) in [6.07, 6.45) is 5.72. The fraction of sp³-hybridized carbons (Fsp3) is 0.296. The lowest BCUT2D eigenvalue weighted by Crippen LogP contribution is -2.31. The van der Waals surface area contributed by atoms with Crippen LogP contribution in [0.25, 0.3) is 11.1 Å². The van der Waals surface area contributed by atoms with Gasteiger partial charge in [-0.25, -0.2) is 8.78 Å². The van der Waals surface area contributed by atoms with E-state index in [2.05, 4.69) is 19.9 Å². The zero-order chi connectivity index (χ0) is 22.9. The highest BCUT2D eigenvalue weighted by Crippen LogP contribution is 2.46. The summed E-state index contributed by atoms with van der Waals surface area (Å²) in [6, 6.07) is 12.8. The number of rotatable bonds is 4. The molecule has 1 fully saturated rings. The Morgan fingerprint density at radius 3 is 2.19 bits per heavy atom. The quantitative estimate of drug-likeness (QED) is 0.611. The minimum absolute atomic E-state index is 0.0170. The molecule has 2 unspecified atom stereocenters. The first-order valence-electron chi connectivity index (χ1n) is 10.7. The zero-order valence-electron chi connectivity index (χ0n) is 18.1. The first-order valence-corrected chi connectivity index (χ1v) is 10.7. The number of ether oxygens (including phenoxy) is 1. The maximum atomic E-state index is 13.6. The molecule has 2 aliphatic rings. The molecule has 1 saturated heterocycles. The molecular weight excluding hydrogens is 410 g/mol. The van der Waals surface area contributed by atoms with Gasteiger partial charge < -0.3 is 9.84 Å². The van der Waals surface area contributed by atoms with Gasteiger partial charge in [-0.15, -0.1) is 0 Å². The standard InChI is InChI=1S/C27H26F2O3/c1-27(2)16-19(17-3-7-20(28)8-4-17)13-24(18-5-9-21(29)10-6-18)25(27)12-11-23-14-22(30)15-26(31)32-23/h3-13,22-23,30H,14-16H2,1-2H3. The van der Waals surface area contributed by atoms with E-state index in [-0.39, 0.29) is 23.5 Å². The largest absolute Gasteiger partial charge is 0.458 e. The zero-order valence-corrected chi connectivity index (χ0v) is 18.1. The van der Waals surface area contributed by atoms with Gasteiger partial charge in [-0.05, 0) is 70.0 Å². The Hall–Kier alpha value is -3.05. The van der Waals surface area contributed by atoms with Crippen molar-refractivity contribution in [3.8, 4) is 0 Å². The summed E-state index contributed by atoms with van der Waals surface area (Å²) in [6.45, 7) is 4.24. The summed E-state index contributed by atoms with van der Waals surface area (Å²) in [4.78, 5) is 11.7. The molecule has 1 heterocycles. The van der Waals surface area contributed by atoms with E-state index in [0.717, 1.165) is 34.3 Å². The second kappa shape index (κ2) is 8.83. The highest BCUT2D eigenvalue weighted by Gasteiger charge is 2.31. The van der Waals surface area contributed by atoms with E-state index in [4.69, 9.17) is 4.74 Å². The Morgan fingerprint density at radius 2 is 1.59 bits per heavy atom. The highest BCUT2D eigenvalue weighted by atomic mass is 19.1. The van der Waals surface area contributed by atoms with E-state index in [0.29, 0.717) is 6.42 Å². The average Bonchev–Trinajstić information content (AvgIpc) is 2.72. The number of hydrogen-bond acceptors (Lipinski definition) is 3. The Morgan fingerprint density at radius 1 is 1.00 bits per heavy atom. The van der Waals surface area contributed by atoms with Crippen LogP contribution < -0.4 is 0 Å². The summed E-state index contributed by atoms with van der Waals surface area (Å²) < 4.78 is 32.4. The third-order valence-electron chi connectivity index (χ3n) is 6.01. The number of aliphatic hydroxyl groups excluding tert-OH is 1. The molecule has 3 nitrogen and oxygen atoms in total. The molecule has 2 aromatic rings. The lowest BCUT2D eigenvalue weighted by molar-refractivity contribution is -0.156. The van der Waals surface area contributed by atoms with Crippen molar-refractivity contribution in [3.63, 3.8) is 0 Å².